The fourth-order valence-corrected chi connectivity index (χ4v) is 3.55. The number of carbonyl (C=O) groups excluding carboxylic acids is 1. The summed E-state index contributed by atoms with van der Waals surface area (Å²) in [5.74, 6) is -1.78. The Kier molecular flexibility index (Phi) is 6.22. The number of anilines is 2. The Balaban J connectivity index is 1.47. The fourth-order valence-electron chi connectivity index (χ4n) is 3.55. The van der Waals surface area contributed by atoms with Crippen LogP contribution in [0.2, 0.25) is 0 Å². The van der Waals surface area contributed by atoms with Gasteiger partial charge in [0.15, 0.2) is 11.6 Å². The first kappa shape index (κ1) is 21.2. The third-order valence-electron chi connectivity index (χ3n) is 5.14. The van der Waals surface area contributed by atoms with Crippen LogP contribution in [0.3, 0.4) is 0 Å². The van der Waals surface area contributed by atoms with Crippen LogP contribution >= 0.6 is 0 Å². The van der Waals surface area contributed by atoms with Crippen molar-refractivity contribution in [2.45, 2.75) is 18.9 Å². The van der Waals surface area contributed by atoms with E-state index in [4.69, 9.17) is 4.74 Å². The predicted molar refractivity (Wildman–Crippen MR) is 113 cm³/mol. The molecule has 1 fully saturated rings. The lowest BCUT2D eigenvalue weighted by atomic mass is 10.1. The van der Waals surface area contributed by atoms with Gasteiger partial charge < -0.3 is 15.0 Å². The van der Waals surface area contributed by atoms with Crippen LogP contribution in [0.4, 0.5) is 20.2 Å². The molecule has 2 heterocycles. The number of nitrogens with one attached hydrogen (secondary N) is 1. The lowest BCUT2D eigenvalue weighted by Crippen LogP contribution is -2.38. The lowest BCUT2D eigenvalue weighted by molar-refractivity contribution is 0.102. The standard InChI is InChI=1S/C23H19F2N5O2/c24-16-2-4-22(18(25)12-16)32-17-5-9-30(10-6-17)21-3-1-15(13-26)11-19(21)29-23(31)20-14-27-7-8-28-20/h1-4,7-8,11-12,14,17H,5-6,9-10H2,(H,29,31). The maximum Gasteiger partial charge on any atom is 0.275 e. The number of benzene rings is 2. The first-order chi connectivity index (χ1) is 15.5. The Labute approximate surface area is 183 Å². The second-order valence-electron chi connectivity index (χ2n) is 7.27. The molecule has 1 saturated heterocycles. The monoisotopic (exact) mass is 435 g/mol. The molecule has 3 aromatic rings. The zero-order valence-corrected chi connectivity index (χ0v) is 17.0. The smallest absolute Gasteiger partial charge is 0.275 e. The van der Waals surface area contributed by atoms with E-state index in [1.807, 2.05) is 0 Å². The Morgan fingerprint density at radius 2 is 1.97 bits per heavy atom. The second-order valence-corrected chi connectivity index (χ2v) is 7.27. The van der Waals surface area contributed by atoms with Crippen LogP contribution < -0.4 is 15.0 Å². The van der Waals surface area contributed by atoms with Crippen molar-refractivity contribution in [3.8, 4) is 11.8 Å². The summed E-state index contributed by atoms with van der Waals surface area (Å²) in [7, 11) is 0. The Hall–Kier alpha value is -4.06. The summed E-state index contributed by atoms with van der Waals surface area (Å²) < 4.78 is 32.7. The minimum absolute atomic E-state index is 0.0279. The number of nitriles is 1. The van der Waals surface area contributed by atoms with Crippen molar-refractivity contribution >= 4 is 17.3 Å². The number of nitrogens with zero attached hydrogens (tertiary/aromatic N) is 4. The van der Waals surface area contributed by atoms with Crippen molar-refractivity contribution in [2.24, 2.45) is 0 Å². The van der Waals surface area contributed by atoms with Crippen molar-refractivity contribution < 1.29 is 18.3 Å². The molecule has 0 spiro atoms. The Morgan fingerprint density at radius 1 is 1.16 bits per heavy atom. The highest BCUT2D eigenvalue weighted by Gasteiger charge is 2.24. The van der Waals surface area contributed by atoms with Gasteiger partial charge in [-0.3, -0.25) is 9.78 Å². The molecule has 2 aromatic carbocycles. The molecule has 0 radical (unpaired) electrons. The molecule has 32 heavy (non-hydrogen) atoms. The zero-order chi connectivity index (χ0) is 22.5. The lowest BCUT2D eigenvalue weighted by Gasteiger charge is -2.34. The molecular formula is C23H19F2N5O2. The van der Waals surface area contributed by atoms with E-state index in [9.17, 15) is 18.8 Å². The van der Waals surface area contributed by atoms with E-state index in [2.05, 4.69) is 26.3 Å². The molecular weight excluding hydrogens is 416 g/mol. The molecule has 7 nitrogen and oxygen atoms in total. The molecule has 1 amide bonds. The van der Waals surface area contributed by atoms with E-state index >= 15 is 0 Å². The van der Waals surface area contributed by atoms with Crippen LogP contribution in [0, 0.1) is 23.0 Å². The quantitative estimate of drug-likeness (QED) is 0.653. The van der Waals surface area contributed by atoms with Crippen LogP contribution in [-0.2, 0) is 0 Å². The number of amides is 1. The highest BCUT2D eigenvalue weighted by atomic mass is 19.1. The SMILES string of the molecule is N#Cc1ccc(N2CCC(Oc3ccc(F)cc3F)CC2)c(NC(=O)c2cnccn2)c1. The first-order valence-electron chi connectivity index (χ1n) is 10.0. The van der Waals surface area contributed by atoms with Gasteiger partial charge in [-0.25, -0.2) is 13.8 Å². The van der Waals surface area contributed by atoms with Gasteiger partial charge in [-0.1, -0.05) is 0 Å². The Bertz CT molecular complexity index is 1160. The first-order valence-corrected chi connectivity index (χ1v) is 10.0. The van der Waals surface area contributed by atoms with Crippen molar-refractivity contribution in [1.29, 1.82) is 5.26 Å². The van der Waals surface area contributed by atoms with E-state index in [-0.39, 0.29) is 17.5 Å². The fraction of sp³-hybridized carbons (Fsp3) is 0.217. The summed E-state index contributed by atoms with van der Waals surface area (Å²) in [6.45, 7) is 1.18. The van der Waals surface area contributed by atoms with E-state index in [1.165, 1.54) is 24.7 Å². The van der Waals surface area contributed by atoms with Gasteiger partial charge in [0.05, 0.1) is 29.2 Å². The number of ether oxygens (including phenoxy) is 1. The van der Waals surface area contributed by atoms with Gasteiger partial charge in [-0.05, 0) is 30.3 Å². The highest BCUT2D eigenvalue weighted by Crippen LogP contribution is 2.31. The number of hydrogen-bond donors (Lipinski definition) is 1. The van der Waals surface area contributed by atoms with Gasteiger partial charge in [0.2, 0.25) is 0 Å². The van der Waals surface area contributed by atoms with Gasteiger partial charge in [0.1, 0.15) is 17.6 Å². The molecule has 0 unspecified atom stereocenters. The summed E-state index contributed by atoms with van der Waals surface area (Å²) in [6.07, 6.45) is 5.25. The molecule has 9 heteroatoms. The molecule has 0 atom stereocenters. The normalized spacial score (nSPS) is 14.0. The van der Waals surface area contributed by atoms with Crippen molar-refractivity contribution in [2.75, 3.05) is 23.3 Å². The molecule has 1 N–H and O–H groups in total. The minimum Gasteiger partial charge on any atom is -0.487 e. The number of carbonyl (C=O) groups is 1. The third kappa shape index (κ3) is 4.81. The highest BCUT2D eigenvalue weighted by molar-refractivity contribution is 6.04. The second kappa shape index (κ2) is 9.39. The topological polar surface area (TPSA) is 91.1 Å². The number of aromatic nitrogens is 2. The summed E-state index contributed by atoms with van der Waals surface area (Å²) in [4.78, 5) is 22.5. The number of halogens is 2. The van der Waals surface area contributed by atoms with Crippen LogP contribution in [0.25, 0.3) is 0 Å². The van der Waals surface area contributed by atoms with Crippen LogP contribution in [-0.4, -0.2) is 35.1 Å². The third-order valence-corrected chi connectivity index (χ3v) is 5.14. The molecule has 0 bridgehead atoms. The molecule has 1 aliphatic rings. The van der Waals surface area contributed by atoms with Gasteiger partial charge in [0, 0.05) is 44.4 Å². The molecule has 0 aliphatic carbocycles. The maximum atomic E-state index is 13.9. The van der Waals surface area contributed by atoms with E-state index in [0.29, 0.717) is 37.2 Å². The van der Waals surface area contributed by atoms with Crippen molar-refractivity contribution in [1.82, 2.24) is 9.97 Å². The van der Waals surface area contributed by atoms with Crippen molar-refractivity contribution in [3.63, 3.8) is 0 Å². The van der Waals surface area contributed by atoms with Gasteiger partial charge >= 0.3 is 0 Å². The van der Waals surface area contributed by atoms with Crippen LogP contribution in [0.1, 0.15) is 28.9 Å². The predicted octanol–water partition coefficient (Wildman–Crippen LogP) is 3.93. The summed E-state index contributed by atoms with van der Waals surface area (Å²) in [6, 6.07) is 10.4. The van der Waals surface area contributed by atoms with Gasteiger partial charge in [-0.2, -0.15) is 5.26 Å². The number of rotatable bonds is 5. The summed E-state index contributed by atoms with van der Waals surface area (Å²) >= 11 is 0. The number of piperidine rings is 1. The summed E-state index contributed by atoms with van der Waals surface area (Å²) in [5.41, 5.74) is 1.82. The maximum absolute atomic E-state index is 13.9. The Morgan fingerprint density at radius 3 is 2.66 bits per heavy atom. The van der Waals surface area contributed by atoms with Gasteiger partial charge in [-0.15, -0.1) is 0 Å². The van der Waals surface area contributed by atoms with Crippen molar-refractivity contribution in [3.05, 3.63) is 77.9 Å². The van der Waals surface area contributed by atoms with E-state index in [0.717, 1.165) is 17.8 Å². The number of hydrogen-bond acceptors (Lipinski definition) is 6. The molecule has 1 aliphatic heterocycles. The van der Waals surface area contributed by atoms with E-state index in [1.54, 1.807) is 18.2 Å². The largest absolute Gasteiger partial charge is 0.487 e. The average molecular weight is 435 g/mol. The van der Waals surface area contributed by atoms with Crippen LogP contribution in [0.15, 0.2) is 55.0 Å². The summed E-state index contributed by atoms with van der Waals surface area (Å²) in [5, 5.41) is 12.1. The van der Waals surface area contributed by atoms with E-state index < -0.39 is 17.5 Å². The molecule has 0 saturated carbocycles. The van der Waals surface area contributed by atoms with Gasteiger partial charge in [0.25, 0.3) is 5.91 Å². The molecule has 4 rings (SSSR count). The molecule has 1 aromatic heterocycles. The zero-order valence-electron chi connectivity index (χ0n) is 17.0. The minimum atomic E-state index is -0.728. The molecule has 162 valence electrons. The van der Waals surface area contributed by atoms with Crippen LogP contribution in [0.5, 0.6) is 5.75 Å². The average Bonchev–Trinajstić information content (AvgIpc) is 2.82.